The van der Waals surface area contributed by atoms with Crippen molar-refractivity contribution in [2.45, 2.75) is 45.2 Å². The number of hydrogen-bond donors (Lipinski definition) is 0. The van der Waals surface area contributed by atoms with Crippen LogP contribution in [0.3, 0.4) is 0 Å². The van der Waals surface area contributed by atoms with Crippen LogP contribution in [0.15, 0.2) is 10.1 Å². The normalized spacial score (nSPS) is 25.1. The van der Waals surface area contributed by atoms with Gasteiger partial charge in [-0.1, -0.05) is 5.16 Å². The zero-order valence-corrected chi connectivity index (χ0v) is 16.0. The number of aryl methyl sites for hydroxylation is 2. The number of esters is 1. The SMILES string of the molecule is COC(=O)C1=C(c2c(C)noc2C)CC2CCC1N2C(=O)N1CCOCC1. The molecule has 8 heteroatoms. The van der Waals surface area contributed by atoms with E-state index in [0.717, 1.165) is 29.7 Å². The van der Waals surface area contributed by atoms with E-state index in [2.05, 4.69) is 5.16 Å². The lowest BCUT2D eigenvalue weighted by atomic mass is 9.87. The van der Waals surface area contributed by atoms with Crippen LogP contribution in [0.25, 0.3) is 5.57 Å². The highest BCUT2D eigenvalue weighted by molar-refractivity contribution is 6.01. The monoisotopic (exact) mass is 375 g/mol. The molecule has 0 saturated carbocycles. The maximum absolute atomic E-state index is 13.2. The number of aromatic nitrogens is 1. The number of urea groups is 1. The highest BCUT2D eigenvalue weighted by atomic mass is 16.5. The maximum Gasteiger partial charge on any atom is 0.336 e. The molecule has 0 N–H and O–H groups in total. The van der Waals surface area contributed by atoms with Gasteiger partial charge in [-0.25, -0.2) is 9.59 Å². The lowest BCUT2D eigenvalue weighted by molar-refractivity contribution is -0.136. The minimum Gasteiger partial charge on any atom is -0.466 e. The van der Waals surface area contributed by atoms with Crippen molar-refractivity contribution in [3.05, 3.63) is 22.6 Å². The molecule has 4 rings (SSSR count). The summed E-state index contributed by atoms with van der Waals surface area (Å²) in [5.74, 6) is 0.311. The highest BCUT2D eigenvalue weighted by Gasteiger charge is 2.48. The Morgan fingerprint density at radius 2 is 1.93 bits per heavy atom. The molecule has 0 aromatic carbocycles. The van der Waals surface area contributed by atoms with Gasteiger partial charge in [0.1, 0.15) is 5.76 Å². The van der Waals surface area contributed by atoms with Crippen LogP contribution in [0.2, 0.25) is 0 Å². The molecule has 2 fully saturated rings. The Morgan fingerprint density at radius 3 is 2.56 bits per heavy atom. The molecule has 4 heterocycles. The molecular weight excluding hydrogens is 350 g/mol. The van der Waals surface area contributed by atoms with Gasteiger partial charge in [0.2, 0.25) is 0 Å². The van der Waals surface area contributed by atoms with Gasteiger partial charge in [-0.05, 0) is 38.7 Å². The summed E-state index contributed by atoms with van der Waals surface area (Å²) in [5, 5.41) is 4.05. The largest absolute Gasteiger partial charge is 0.466 e. The maximum atomic E-state index is 13.2. The van der Waals surface area contributed by atoms with Crippen molar-refractivity contribution in [2.24, 2.45) is 0 Å². The summed E-state index contributed by atoms with van der Waals surface area (Å²) in [6.45, 7) is 6.01. The number of rotatable bonds is 2. The van der Waals surface area contributed by atoms with Crippen molar-refractivity contribution < 1.29 is 23.6 Å². The lowest BCUT2D eigenvalue weighted by Gasteiger charge is -2.40. The second kappa shape index (κ2) is 6.99. The third kappa shape index (κ3) is 2.92. The number of carbonyl (C=O) groups is 2. The summed E-state index contributed by atoms with van der Waals surface area (Å²) in [6.07, 6.45) is 2.24. The van der Waals surface area contributed by atoms with Crippen molar-refractivity contribution in [3.63, 3.8) is 0 Å². The van der Waals surface area contributed by atoms with Crippen molar-refractivity contribution in [3.8, 4) is 0 Å². The lowest BCUT2D eigenvalue weighted by Crippen LogP contribution is -2.54. The van der Waals surface area contributed by atoms with Gasteiger partial charge < -0.3 is 23.8 Å². The van der Waals surface area contributed by atoms with Crippen LogP contribution in [0, 0.1) is 13.8 Å². The van der Waals surface area contributed by atoms with E-state index in [1.165, 1.54) is 7.11 Å². The van der Waals surface area contributed by atoms with Gasteiger partial charge in [-0.15, -0.1) is 0 Å². The number of amides is 2. The smallest absolute Gasteiger partial charge is 0.336 e. The molecule has 0 aliphatic carbocycles. The van der Waals surface area contributed by atoms with Gasteiger partial charge in [-0.3, -0.25) is 0 Å². The van der Waals surface area contributed by atoms with Crippen molar-refractivity contribution >= 4 is 17.6 Å². The fourth-order valence-corrected chi connectivity index (χ4v) is 4.64. The average Bonchev–Trinajstić information content (AvgIpc) is 3.18. The van der Waals surface area contributed by atoms with E-state index in [0.29, 0.717) is 44.1 Å². The van der Waals surface area contributed by atoms with Crippen LogP contribution in [-0.4, -0.2) is 72.5 Å². The Kier molecular flexibility index (Phi) is 4.67. The Bertz CT molecular complexity index is 774. The summed E-state index contributed by atoms with van der Waals surface area (Å²) in [4.78, 5) is 29.6. The molecule has 2 atom stereocenters. The molecule has 2 amide bonds. The van der Waals surface area contributed by atoms with Crippen LogP contribution >= 0.6 is 0 Å². The van der Waals surface area contributed by atoms with E-state index in [1.807, 2.05) is 23.6 Å². The molecule has 0 radical (unpaired) electrons. The highest BCUT2D eigenvalue weighted by Crippen LogP contribution is 2.45. The van der Waals surface area contributed by atoms with Gasteiger partial charge in [0, 0.05) is 24.7 Å². The number of fused-ring (bicyclic) bond motifs is 2. The first kappa shape index (κ1) is 18.0. The summed E-state index contributed by atoms with van der Waals surface area (Å²) in [7, 11) is 1.38. The Morgan fingerprint density at radius 1 is 1.19 bits per heavy atom. The fourth-order valence-electron chi connectivity index (χ4n) is 4.64. The summed E-state index contributed by atoms with van der Waals surface area (Å²) in [6, 6.07) is -0.206. The second-order valence-electron chi connectivity index (χ2n) is 7.32. The first-order chi connectivity index (χ1) is 13.0. The van der Waals surface area contributed by atoms with E-state index in [9.17, 15) is 9.59 Å². The number of nitrogens with zero attached hydrogens (tertiary/aromatic N) is 3. The van der Waals surface area contributed by atoms with Gasteiger partial charge in [0.05, 0.1) is 37.6 Å². The number of ether oxygens (including phenoxy) is 2. The van der Waals surface area contributed by atoms with E-state index in [-0.39, 0.29) is 24.1 Å². The predicted octanol–water partition coefficient (Wildman–Crippen LogP) is 1.91. The molecule has 8 nitrogen and oxygen atoms in total. The number of morpholine rings is 1. The van der Waals surface area contributed by atoms with Crippen LogP contribution in [0.5, 0.6) is 0 Å². The van der Waals surface area contributed by atoms with E-state index in [4.69, 9.17) is 14.0 Å². The Balaban J connectivity index is 1.75. The number of methoxy groups -OCH3 is 1. The predicted molar refractivity (Wildman–Crippen MR) is 96.0 cm³/mol. The summed E-state index contributed by atoms with van der Waals surface area (Å²) < 4.78 is 15.8. The molecule has 1 aromatic rings. The molecule has 2 unspecified atom stereocenters. The van der Waals surface area contributed by atoms with Crippen LogP contribution < -0.4 is 0 Å². The van der Waals surface area contributed by atoms with Crippen LogP contribution in [-0.2, 0) is 14.3 Å². The number of hydrogen-bond acceptors (Lipinski definition) is 6. The van der Waals surface area contributed by atoms with E-state index < -0.39 is 0 Å². The third-order valence-corrected chi connectivity index (χ3v) is 5.84. The summed E-state index contributed by atoms with van der Waals surface area (Å²) >= 11 is 0. The summed E-state index contributed by atoms with van der Waals surface area (Å²) in [5.41, 5.74) is 3.13. The first-order valence-electron chi connectivity index (χ1n) is 9.42. The number of carbonyl (C=O) groups excluding carboxylic acids is 2. The van der Waals surface area contributed by atoms with Gasteiger partial charge >= 0.3 is 12.0 Å². The van der Waals surface area contributed by atoms with Crippen LogP contribution in [0.4, 0.5) is 4.79 Å². The molecule has 1 aromatic heterocycles. The standard InChI is InChI=1S/C19H25N3O5/c1-11-16(12(2)27-20-11)14-10-13-4-5-15(17(14)18(23)25-3)22(13)19(24)21-6-8-26-9-7-21/h13,15H,4-10H2,1-3H3. The second-order valence-corrected chi connectivity index (χ2v) is 7.32. The fraction of sp³-hybridized carbons (Fsp3) is 0.632. The molecule has 27 heavy (non-hydrogen) atoms. The molecule has 2 saturated heterocycles. The van der Waals surface area contributed by atoms with E-state index >= 15 is 0 Å². The topological polar surface area (TPSA) is 85.1 Å². The minimum atomic E-state index is -0.380. The minimum absolute atomic E-state index is 0.00924. The average molecular weight is 375 g/mol. The Hall–Kier alpha value is -2.35. The van der Waals surface area contributed by atoms with Gasteiger partial charge in [-0.2, -0.15) is 0 Å². The van der Waals surface area contributed by atoms with E-state index in [1.54, 1.807) is 0 Å². The quantitative estimate of drug-likeness (QED) is 0.734. The molecule has 2 bridgehead atoms. The molecular formula is C19H25N3O5. The van der Waals surface area contributed by atoms with Gasteiger partial charge in [0.15, 0.2) is 0 Å². The Labute approximate surface area is 158 Å². The first-order valence-corrected chi connectivity index (χ1v) is 9.42. The third-order valence-electron chi connectivity index (χ3n) is 5.84. The van der Waals surface area contributed by atoms with Crippen molar-refractivity contribution in [1.82, 2.24) is 15.0 Å². The molecule has 0 spiro atoms. The zero-order chi connectivity index (χ0) is 19.1. The molecule has 3 aliphatic rings. The van der Waals surface area contributed by atoms with Crippen LogP contribution in [0.1, 0.15) is 36.3 Å². The van der Waals surface area contributed by atoms with Gasteiger partial charge in [0.25, 0.3) is 0 Å². The van der Waals surface area contributed by atoms with Crippen molar-refractivity contribution in [2.75, 3.05) is 33.4 Å². The molecule has 3 aliphatic heterocycles. The molecule has 146 valence electrons. The zero-order valence-electron chi connectivity index (χ0n) is 16.0. The van der Waals surface area contributed by atoms with Crippen molar-refractivity contribution in [1.29, 1.82) is 0 Å².